The molecular weight excluding hydrogens is 405 g/mol. The molecule has 1 aromatic carbocycles. The van der Waals surface area contributed by atoms with Gasteiger partial charge in [-0.25, -0.2) is 13.1 Å². The maximum atomic E-state index is 12.2. The first-order valence-electron chi connectivity index (χ1n) is 5.31. The Morgan fingerprint density at radius 1 is 1.33 bits per heavy atom. The van der Waals surface area contributed by atoms with Crippen LogP contribution in [-0.2, 0) is 10.0 Å². The molecule has 2 unspecified atom stereocenters. The lowest BCUT2D eigenvalue weighted by Crippen LogP contribution is -2.37. The Labute approximate surface area is 130 Å². The molecule has 18 heavy (non-hydrogen) atoms. The van der Waals surface area contributed by atoms with Gasteiger partial charge in [0.25, 0.3) is 0 Å². The predicted octanol–water partition coefficient (Wildman–Crippen LogP) is 3.75. The van der Waals surface area contributed by atoms with Crippen molar-refractivity contribution in [3.05, 3.63) is 27.1 Å². The molecule has 1 N–H and O–H groups in total. The number of halogens is 3. The van der Waals surface area contributed by atoms with Gasteiger partial charge in [-0.05, 0) is 47.0 Å². The van der Waals surface area contributed by atoms with Crippen molar-refractivity contribution in [3.8, 4) is 0 Å². The van der Waals surface area contributed by atoms with Gasteiger partial charge in [-0.3, -0.25) is 0 Å². The maximum absolute atomic E-state index is 12.2. The zero-order valence-corrected chi connectivity index (χ0v) is 14.7. The first kappa shape index (κ1) is 16.4. The second-order valence-electron chi connectivity index (χ2n) is 4.12. The smallest absolute Gasteiger partial charge is 0.208 e. The lowest BCUT2D eigenvalue weighted by Gasteiger charge is -2.19. The van der Waals surface area contributed by atoms with Crippen molar-refractivity contribution in [2.24, 2.45) is 5.92 Å². The van der Waals surface area contributed by atoms with Crippen molar-refractivity contribution >= 4 is 53.5 Å². The first-order valence-corrected chi connectivity index (χ1v) is 8.91. The number of hydrogen-bond acceptors (Lipinski definition) is 2. The minimum Gasteiger partial charge on any atom is -0.208 e. The summed E-state index contributed by atoms with van der Waals surface area (Å²) < 4.78 is 28.3. The minimum atomic E-state index is -3.55. The second kappa shape index (κ2) is 6.70. The van der Waals surface area contributed by atoms with Crippen LogP contribution in [0, 0.1) is 5.92 Å². The number of alkyl halides is 1. The van der Waals surface area contributed by atoms with Crippen molar-refractivity contribution in [2.75, 3.05) is 5.88 Å². The molecule has 0 saturated heterocycles. The normalized spacial score (nSPS) is 15.4. The SMILES string of the molecule is CC(CCl)C(C)NS(=O)(=O)c1cc(Br)ccc1Br. The Kier molecular flexibility index (Phi) is 6.12. The zero-order chi connectivity index (χ0) is 13.9. The molecule has 0 bridgehead atoms. The van der Waals surface area contributed by atoms with Gasteiger partial charge in [0, 0.05) is 20.9 Å². The summed E-state index contributed by atoms with van der Waals surface area (Å²) in [6, 6.07) is 4.80. The van der Waals surface area contributed by atoms with Crippen molar-refractivity contribution in [3.63, 3.8) is 0 Å². The van der Waals surface area contributed by atoms with E-state index < -0.39 is 10.0 Å². The Hall–Kier alpha value is 0.380. The molecule has 0 aliphatic rings. The van der Waals surface area contributed by atoms with E-state index in [1.54, 1.807) is 25.1 Å². The largest absolute Gasteiger partial charge is 0.241 e. The molecule has 0 aliphatic heterocycles. The van der Waals surface area contributed by atoms with Crippen LogP contribution < -0.4 is 4.72 Å². The molecule has 0 saturated carbocycles. The molecule has 0 spiro atoms. The highest BCUT2D eigenvalue weighted by Gasteiger charge is 2.22. The third kappa shape index (κ3) is 4.20. The van der Waals surface area contributed by atoms with Crippen LogP contribution in [0.4, 0.5) is 0 Å². The van der Waals surface area contributed by atoms with Crippen LogP contribution >= 0.6 is 43.5 Å². The Morgan fingerprint density at radius 2 is 1.94 bits per heavy atom. The molecule has 0 amide bonds. The molecular formula is C11H14Br2ClNO2S. The summed E-state index contributed by atoms with van der Waals surface area (Å²) in [5.41, 5.74) is 0. The standard InChI is InChI=1S/C11H14Br2ClNO2S/c1-7(6-14)8(2)15-18(16,17)11-5-9(12)3-4-10(11)13/h3-5,7-8,15H,6H2,1-2H3. The summed E-state index contributed by atoms with van der Waals surface area (Å²) >= 11 is 12.2. The van der Waals surface area contributed by atoms with E-state index in [9.17, 15) is 8.42 Å². The van der Waals surface area contributed by atoms with Crippen LogP contribution in [0.25, 0.3) is 0 Å². The number of nitrogens with one attached hydrogen (secondary N) is 1. The molecule has 1 rings (SSSR count). The summed E-state index contributed by atoms with van der Waals surface area (Å²) in [6.45, 7) is 3.70. The minimum absolute atomic E-state index is 0.0624. The predicted molar refractivity (Wildman–Crippen MR) is 81.5 cm³/mol. The topological polar surface area (TPSA) is 46.2 Å². The van der Waals surface area contributed by atoms with Crippen LogP contribution in [0.2, 0.25) is 0 Å². The quantitative estimate of drug-likeness (QED) is 0.739. The average Bonchev–Trinajstić information content (AvgIpc) is 2.30. The van der Waals surface area contributed by atoms with Gasteiger partial charge in [0.15, 0.2) is 0 Å². The second-order valence-corrected chi connectivity index (χ2v) is 7.88. The lowest BCUT2D eigenvalue weighted by atomic mass is 10.1. The summed E-state index contributed by atoms with van der Waals surface area (Å²) in [5, 5.41) is 0. The van der Waals surface area contributed by atoms with Gasteiger partial charge in [0.1, 0.15) is 0 Å². The molecule has 0 heterocycles. The fraction of sp³-hybridized carbons (Fsp3) is 0.455. The third-order valence-electron chi connectivity index (χ3n) is 2.62. The lowest BCUT2D eigenvalue weighted by molar-refractivity contribution is 0.480. The molecule has 3 nitrogen and oxygen atoms in total. The summed E-state index contributed by atoms with van der Waals surface area (Å²) in [6.07, 6.45) is 0. The molecule has 2 atom stereocenters. The van der Waals surface area contributed by atoms with Gasteiger partial charge < -0.3 is 0 Å². The molecule has 0 fully saturated rings. The van der Waals surface area contributed by atoms with Gasteiger partial charge in [-0.2, -0.15) is 0 Å². The van der Waals surface area contributed by atoms with Crippen LogP contribution in [0.3, 0.4) is 0 Å². The van der Waals surface area contributed by atoms with E-state index >= 15 is 0 Å². The van der Waals surface area contributed by atoms with Gasteiger partial charge in [-0.15, -0.1) is 11.6 Å². The van der Waals surface area contributed by atoms with E-state index in [-0.39, 0.29) is 16.9 Å². The average molecular weight is 420 g/mol. The summed E-state index contributed by atoms with van der Waals surface area (Å²) in [5.74, 6) is 0.468. The monoisotopic (exact) mass is 417 g/mol. The highest BCUT2D eigenvalue weighted by molar-refractivity contribution is 9.11. The summed E-state index contributed by atoms with van der Waals surface area (Å²) in [4.78, 5) is 0.213. The van der Waals surface area contributed by atoms with Crippen LogP contribution in [0.1, 0.15) is 13.8 Å². The van der Waals surface area contributed by atoms with Crippen molar-refractivity contribution in [1.82, 2.24) is 4.72 Å². The Balaban J connectivity index is 3.03. The zero-order valence-electron chi connectivity index (χ0n) is 9.95. The van der Waals surface area contributed by atoms with Gasteiger partial charge in [0.05, 0.1) is 4.90 Å². The van der Waals surface area contributed by atoms with Crippen LogP contribution in [-0.4, -0.2) is 20.3 Å². The summed E-state index contributed by atoms with van der Waals surface area (Å²) in [7, 11) is -3.55. The molecule has 0 aliphatic carbocycles. The van der Waals surface area contributed by atoms with Crippen LogP contribution in [0.15, 0.2) is 32.0 Å². The van der Waals surface area contributed by atoms with Gasteiger partial charge in [0.2, 0.25) is 10.0 Å². The van der Waals surface area contributed by atoms with Gasteiger partial charge in [-0.1, -0.05) is 22.9 Å². The molecule has 7 heteroatoms. The molecule has 1 aromatic rings. The van der Waals surface area contributed by atoms with Crippen molar-refractivity contribution < 1.29 is 8.42 Å². The van der Waals surface area contributed by atoms with Crippen molar-refractivity contribution in [1.29, 1.82) is 0 Å². The van der Waals surface area contributed by atoms with Gasteiger partial charge >= 0.3 is 0 Å². The van der Waals surface area contributed by atoms with E-state index in [4.69, 9.17) is 11.6 Å². The fourth-order valence-corrected chi connectivity index (χ4v) is 4.36. The third-order valence-corrected chi connectivity index (χ3v) is 6.15. The van der Waals surface area contributed by atoms with Crippen molar-refractivity contribution in [2.45, 2.75) is 24.8 Å². The first-order chi connectivity index (χ1) is 8.27. The molecule has 102 valence electrons. The molecule has 0 aromatic heterocycles. The highest BCUT2D eigenvalue weighted by atomic mass is 79.9. The number of hydrogen-bond donors (Lipinski definition) is 1. The number of rotatable bonds is 5. The number of benzene rings is 1. The number of sulfonamides is 1. The van der Waals surface area contributed by atoms with E-state index in [2.05, 4.69) is 36.6 Å². The van der Waals surface area contributed by atoms with E-state index in [1.807, 2.05) is 6.92 Å². The maximum Gasteiger partial charge on any atom is 0.241 e. The Morgan fingerprint density at radius 3 is 2.50 bits per heavy atom. The fourth-order valence-electron chi connectivity index (χ4n) is 1.24. The van der Waals surface area contributed by atoms with E-state index in [0.717, 1.165) is 0 Å². The van der Waals surface area contributed by atoms with E-state index in [1.165, 1.54) is 0 Å². The Bertz CT molecular complexity index is 522. The van der Waals surface area contributed by atoms with E-state index in [0.29, 0.717) is 14.8 Å². The highest BCUT2D eigenvalue weighted by Crippen LogP contribution is 2.26. The molecule has 0 radical (unpaired) electrons. The van der Waals surface area contributed by atoms with Crippen LogP contribution in [0.5, 0.6) is 0 Å².